The smallest absolute Gasteiger partial charge is 0.340 e. The van der Waals surface area contributed by atoms with Crippen LogP contribution >= 0.6 is 0 Å². The number of nitrogens with zero attached hydrogens (tertiary/aromatic N) is 2. The van der Waals surface area contributed by atoms with E-state index in [0.717, 1.165) is 25.9 Å². The number of nitro benzene ring substituents is 1. The number of hydrogen-bond acceptors (Lipinski definition) is 7. The lowest BCUT2D eigenvalue weighted by Gasteiger charge is -2.20. The minimum absolute atomic E-state index is 0.0922. The van der Waals surface area contributed by atoms with Crippen molar-refractivity contribution in [1.29, 1.82) is 0 Å². The van der Waals surface area contributed by atoms with Crippen LogP contribution in [0.5, 0.6) is 5.75 Å². The molecule has 0 bridgehead atoms. The normalized spacial score (nSPS) is 13.2. The number of methoxy groups -OCH3 is 1. The van der Waals surface area contributed by atoms with Gasteiger partial charge in [-0.15, -0.1) is 0 Å². The first kappa shape index (κ1) is 19.3. The molecule has 8 heteroatoms. The molecular formula is C20H20N2O6. The fourth-order valence-electron chi connectivity index (χ4n) is 3.12. The number of Topliss-reactive ketones (excluding diaryl/α,β-unsaturated/α-hetero) is 1. The number of ketones is 1. The Labute approximate surface area is 161 Å². The number of anilines is 1. The van der Waals surface area contributed by atoms with E-state index in [0.29, 0.717) is 17.0 Å². The first-order chi connectivity index (χ1) is 13.5. The SMILES string of the molecule is COc1cccc(C(=O)COC(=O)c2cc([N+](=O)[O-])ccc2N2CCCC2)c1. The van der Waals surface area contributed by atoms with E-state index in [2.05, 4.69) is 0 Å². The molecule has 0 amide bonds. The van der Waals surface area contributed by atoms with Crippen molar-refractivity contribution in [3.8, 4) is 5.75 Å². The lowest BCUT2D eigenvalue weighted by atomic mass is 10.1. The molecule has 0 spiro atoms. The second kappa shape index (κ2) is 8.51. The third-order valence-corrected chi connectivity index (χ3v) is 4.58. The Morgan fingerprint density at radius 1 is 1.14 bits per heavy atom. The summed E-state index contributed by atoms with van der Waals surface area (Å²) in [5.74, 6) is -0.630. The number of carbonyl (C=O) groups is 2. The second-order valence-electron chi connectivity index (χ2n) is 6.38. The van der Waals surface area contributed by atoms with E-state index in [9.17, 15) is 19.7 Å². The van der Waals surface area contributed by atoms with Crippen LogP contribution in [0.25, 0.3) is 0 Å². The van der Waals surface area contributed by atoms with Crippen molar-refractivity contribution in [3.05, 3.63) is 63.7 Å². The molecule has 0 aromatic heterocycles. The summed E-state index contributed by atoms with van der Waals surface area (Å²) in [6.45, 7) is 1.07. The van der Waals surface area contributed by atoms with Crippen LogP contribution in [0.15, 0.2) is 42.5 Å². The van der Waals surface area contributed by atoms with E-state index in [-0.39, 0.29) is 17.0 Å². The second-order valence-corrected chi connectivity index (χ2v) is 6.38. The molecule has 1 saturated heterocycles. The summed E-state index contributed by atoms with van der Waals surface area (Å²) in [6, 6.07) is 10.6. The zero-order valence-electron chi connectivity index (χ0n) is 15.4. The monoisotopic (exact) mass is 384 g/mol. The van der Waals surface area contributed by atoms with Gasteiger partial charge in [-0.05, 0) is 31.0 Å². The fraction of sp³-hybridized carbons (Fsp3) is 0.300. The molecule has 0 atom stereocenters. The Hall–Kier alpha value is -3.42. The number of hydrogen-bond donors (Lipinski definition) is 0. The van der Waals surface area contributed by atoms with Crippen LogP contribution in [0.3, 0.4) is 0 Å². The van der Waals surface area contributed by atoms with Crippen molar-refractivity contribution >= 4 is 23.1 Å². The average molecular weight is 384 g/mol. The van der Waals surface area contributed by atoms with Crippen LogP contribution < -0.4 is 9.64 Å². The van der Waals surface area contributed by atoms with E-state index in [1.54, 1.807) is 30.3 Å². The summed E-state index contributed by atoms with van der Waals surface area (Å²) in [4.78, 5) is 37.4. The molecule has 2 aromatic rings. The number of benzene rings is 2. The van der Waals surface area contributed by atoms with E-state index in [4.69, 9.17) is 9.47 Å². The summed E-state index contributed by atoms with van der Waals surface area (Å²) in [7, 11) is 1.49. The minimum Gasteiger partial charge on any atom is -0.497 e. The Kier molecular flexibility index (Phi) is 5.88. The van der Waals surface area contributed by atoms with E-state index in [1.807, 2.05) is 4.90 Å². The molecule has 0 aliphatic carbocycles. The maximum absolute atomic E-state index is 12.6. The first-order valence-corrected chi connectivity index (χ1v) is 8.87. The third-order valence-electron chi connectivity index (χ3n) is 4.58. The number of carbonyl (C=O) groups excluding carboxylic acids is 2. The maximum atomic E-state index is 12.6. The topological polar surface area (TPSA) is 99.0 Å². The molecule has 1 aliphatic heterocycles. The first-order valence-electron chi connectivity index (χ1n) is 8.87. The van der Waals surface area contributed by atoms with Gasteiger partial charge in [0.15, 0.2) is 12.4 Å². The van der Waals surface area contributed by atoms with Crippen molar-refractivity contribution < 1.29 is 24.0 Å². The Balaban J connectivity index is 1.77. The molecule has 3 rings (SSSR count). The number of nitro groups is 1. The molecule has 1 fully saturated rings. The van der Waals surface area contributed by atoms with Crippen molar-refractivity contribution in [1.82, 2.24) is 0 Å². The van der Waals surface area contributed by atoms with Crippen LogP contribution in [0.4, 0.5) is 11.4 Å². The molecule has 0 saturated carbocycles. The van der Waals surface area contributed by atoms with Gasteiger partial charge >= 0.3 is 5.97 Å². The largest absolute Gasteiger partial charge is 0.497 e. The van der Waals surface area contributed by atoms with Gasteiger partial charge in [-0.1, -0.05) is 12.1 Å². The molecule has 146 valence electrons. The molecule has 0 unspecified atom stereocenters. The van der Waals surface area contributed by atoms with Crippen LogP contribution in [0.2, 0.25) is 0 Å². The zero-order chi connectivity index (χ0) is 20.1. The van der Waals surface area contributed by atoms with Gasteiger partial charge in [0.1, 0.15) is 5.75 Å². The molecule has 0 radical (unpaired) electrons. The van der Waals surface area contributed by atoms with Crippen LogP contribution in [-0.2, 0) is 4.74 Å². The Morgan fingerprint density at radius 2 is 1.89 bits per heavy atom. The van der Waals surface area contributed by atoms with Gasteiger partial charge in [-0.3, -0.25) is 14.9 Å². The molecule has 8 nitrogen and oxygen atoms in total. The summed E-state index contributed by atoms with van der Waals surface area (Å²) < 4.78 is 10.3. The van der Waals surface area contributed by atoms with Gasteiger partial charge in [0.25, 0.3) is 5.69 Å². The Morgan fingerprint density at radius 3 is 2.57 bits per heavy atom. The molecule has 1 aliphatic rings. The van der Waals surface area contributed by atoms with E-state index in [1.165, 1.54) is 19.2 Å². The minimum atomic E-state index is -0.762. The number of ether oxygens (including phenoxy) is 2. The van der Waals surface area contributed by atoms with Gasteiger partial charge in [-0.2, -0.15) is 0 Å². The lowest BCUT2D eigenvalue weighted by Crippen LogP contribution is -2.22. The summed E-state index contributed by atoms with van der Waals surface area (Å²) in [5.41, 5.74) is 0.830. The highest BCUT2D eigenvalue weighted by molar-refractivity contribution is 6.01. The zero-order valence-corrected chi connectivity index (χ0v) is 15.4. The fourth-order valence-corrected chi connectivity index (χ4v) is 3.12. The third kappa shape index (κ3) is 4.28. The van der Waals surface area contributed by atoms with E-state index < -0.39 is 17.5 Å². The van der Waals surface area contributed by atoms with Crippen LogP contribution in [-0.4, -0.2) is 43.5 Å². The number of esters is 1. The van der Waals surface area contributed by atoms with Gasteiger partial charge < -0.3 is 14.4 Å². The van der Waals surface area contributed by atoms with Crippen molar-refractivity contribution in [2.75, 3.05) is 31.7 Å². The molecule has 1 heterocycles. The van der Waals surface area contributed by atoms with Gasteiger partial charge in [0.05, 0.1) is 23.3 Å². The van der Waals surface area contributed by atoms with Crippen molar-refractivity contribution in [2.24, 2.45) is 0 Å². The highest BCUT2D eigenvalue weighted by atomic mass is 16.6. The van der Waals surface area contributed by atoms with E-state index >= 15 is 0 Å². The predicted molar refractivity (Wildman–Crippen MR) is 102 cm³/mol. The average Bonchev–Trinajstić information content (AvgIpc) is 3.26. The quantitative estimate of drug-likeness (QED) is 0.313. The Bertz CT molecular complexity index is 905. The molecular weight excluding hydrogens is 364 g/mol. The van der Waals surface area contributed by atoms with Crippen molar-refractivity contribution in [3.63, 3.8) is 0 Å². The van der Waals surface area contributed by atoms with Crippen LogP contribution in [0, 0.1) is 10.1 Å². The predicted octanol–water partition coefficient (Wildman–Crippen LogP) is 3.24. The highest BCUT2D eigenvalue weighted by Crippen LogP contribution is 2.29. The molecule has 0 N–H and O–H groups in total. The standard InChI is InChI=1S/C20H20N2O6/c1-27-16-6-4-5-14(11-16)19(23)13-28-20(24)17-12-15(22(25)26)7-8-18(17)21-9-2-3-10-21/h4-8,11-12H,2-3,9-10,13H2,1H3. The van der Waals surface area contributed by atoms with Gasteiger partial charge in [-0.25, -0.2) is 4.79 Å². The summed E-state index contributed by atoms with van der Waals surface area (Å²) in [5, 5.41) is 11.1. The highest BCUT2D eigenvalue weighted by Gasteiger charge is 2.24. The van der Waals surface area contributed by atoms with Gasteiger partial charge in [0, 0.05) is 30.8 Å². The van der Waals surface area contributed by atoms with Crippen molar-refractivity contribution in [2.45, 2.75) is 12.8 Å². The van der Waals surface area contributed by atoms with Crippen LogP contribution in [0.1, 0.15) is 33.6 Å². The molecule has 28 heavy (non-hydrogen) atoms. The molecule has 2 aromatic carbocycles. The lowest BCUT2D eigenvalue weighted by molar-refractivity contribution is -0.384. The number of rotatable bonds is 7. The maximum Gasteiger partial charge on any atom is 0.340 e. The number of non-ortho nitro benzene ring substituents is 1. The summed E-state index contributed by atoms with van der Waals surface area (Å²) in [6.07, 6.45) is 1.97. The van der Waals surface area contributed by atoms with Gasteiger partial charge in [0.2, 0.25) is 0 Å². The summed E-state index contributed by atoms with van der Waals surface area (Å²) >= 11 is 0.